The average molecular weight is 179 g/mol. The highest BCUT2D eigenvalue weighted by Gasteiger charge is 1.92. The van der Waals surface area contributed by atoms with Crippen LogP contribution in [0, 0.1) is 6.92 Å². The molecule has 0 aliphatic heterocycles. The van der Waals surface area contributed by atoms with Crippen molar-refractivity contribution in [1.29, 1.82) is 0 Å². The van der Waals surface area contributed by atoms with Crippen molar-refractivity contribution in [3.05, 3.63) is 29.8 Å². The summed E-state index contributed by atoms with van der Waals surface area (Å²) in [6, 6.07) is 7.70. The van der Waals surface area contributed by atoms with E-state index in [9.17, 15) is 4.79 Å². The molecule has 1 rings (SSSR count). The van der Waals surface area contributed by atoms with Crippen LogP contribution in [0.2, 0.25) is 0 Å². The van der Waals surface area contributed by atoms with Gasteiger partial charge in [-0.15, -0.1) is 0 Å². The van der Waals surface area contributed by atoms with E-state index in [2.05, 4.69) is 5.32 Å². The van der Waals surface area contributed by atoms with Crippen LogP contribution in [-0.4, -0.2) is 12.7 Å². The first-order valence-electron chi connectivity index (χ1n) is 3.81. The number of amides is 1. The van der Waals surface area contributed by atoms with Crippen LogP contribution in [0.3, 0.4) is 0 Å². The van der Waals surface area contributed by atoms with E-state index in [1.807, 2.05) is 38.0 Å². The normalized spacial score (nSPS) is 8.15. The van der Waals surface area contributed by atoms with Crippen LogP contribution in [0.1, 0.15) is 12.5 Å². The summed E-state index contributed by atoms with van der Waals surface area (Å²) in [7, 11) is 0. The van der Waals surface area contributed by atoms with Gasteiger partial charge in [0.1, 0.15) is 6.79 Å². The Kier molecular flexibility index (Phi) is 5.19. The fraction of sp³-hybridized carbons (Fsp3) is 0.200. The molecule has 3 nitrogen and oxygen atoms in total. The van der Waals surface area contributed by atoms with Crippen LogP contribution in [-0.2, 0) is 9.59 Å². The third-order valence-corrected chi connectivity index (χ3v) is 1.37. The lowest BCUT2D eigenvalue weighted by Crippen LogP contribution is -2.05. The van der Waals surface area contributed by atoms with E-state index in [4.69, 9.17) is 4.79 Å². The van der Waals surface area contributed by atoms with Crippen LogP contribution in [0.25, 0.3) is 0 Å². The van der Waals surface area contributed by atoms with Gasteiger partial charge in [0.15, 0.2) is 0 Å². The molecule has 70 valence electrons. The highest BCUT2D eigenvalue weighted by atomic mass is 16.1. The van der Waals surface area contributed by atoms with E-state index in [-0.39, 0.29) is 5.91 Å². The third kappa shape index (κ3) is 4.74. The smallest absolute Gasteiger partial charge is 0.221 e. The molecular weight excluding hydrogens is 166 g/mol. The molecule has 1 N–H and O–H groups in total. The van der Waals surface area contributed by atoms with Gasteiger partial charge in [0.25, 0.3) is 0 Å². The van der Waals surface area contributed by atoms with Crippen molar-refractivity contribution >= 4 is 18.4 Å². The molecule has 0 atom stereocenters. The summed E-state index contributed by atoms with van der Waals surface area (Å²) in [5.41, 5.74) is 2.04. The Hall–Kier alpha value is -1.64. The molecule has 13 heavy (non-hydrogen) atoms. The van der Waals surface area contributed by atoms with Crippen LogP contribution in [0.4, 0.5) is 5.69 Å². The summed E-state index contributed by atoms with van der Waals surface area (Å²) in [5.74, 6) is -0.0335. The maximum atomic E-state index is 10.6. The minimum Gasteiger partial charge on any atom is -0.326 e. The van der Waals surface area contributed by atoms with Crippen molar-refractivity contribution in [2.75, 3.05) is 5.32 Å². The first kappa shape index (κ1) is 11.4. The summed E-state index contributed by atoms with van der Waals surface area (Å²) in [5, 5.41) is 2.69. The molecule has 0 heterocycles. The van der Waals surface area contributed by atoms with Crippen molar-refractivity contribution in [2.24, 2.45) is 0 Å². The Morgan fingerprint density at radius 3 is 2.08 bits per heavy atom. The number of aryl methyl sites for hydroxylation is 1. The number of hydrogen-bond donors (Lipinski definition) is 1. The number of carbonyl (C=O) groups is 2. The first-order chi connectivity index (χ1) is 6.18. The second-order valence-electron chi connectivity index (χ2n) is 2.55. The molecule has 0 saturated carbocycles. The van der Waals surface area contributed by atoms with E-state index in [0.717, 1.165) is 5.69 Å². The second kappa shape index (κ2) is 5.94. The molecule has 1 aromatic carbocycles. The van der Waals surface area contributed by atoms with Crippen molar-refractivity contribution < 1.29 is 9.59 Å². The van der Waals surface area contributed by atoms with Crippen molar-refractivity contribution in [2.45, 2.75) is 13.8 Å². The van der Waals surface area contributed by atoms with E-state index >= 15 is 0 Å². The van der Waals surface area contributed by atoms with Gasteiger partial charge in [-0.1, -0.05) is 17.7 Å². The molecule has 0 spiro atoms. The topological polar surface area (TPSA) is 46.2 Å². The molecule has 1 amide bonds. The molecule has 0 bridgehead atoms. The van der Waals surface area contributed by atoms with Crippen LogP contribution < -0.4 is 5.32 Å². The average Bonchev–Trinajstić information content (AvgIpc) is 2.12. The molecule has 0 saturated heterocycles. The lowest BCUT2D eigenvalue weighted by molar-refractivity contribution is -0.114. The highest BCUT2D eigenvalue weighted by Crippen LogP contribution is 2.07. The van der Waals surface area contributed by atoms with Gasteiger partial charge in [-0.2, -0.15) is 0 Å². The predicted octanol–water partition coefficient (Wildman–Crippen LogP) is 1.77. The van der Waals surface area contributed by atoms with Gasteiger partial charge in [0, 0.05) is 12.6 Å². The standard InChI is InChI=1S/C9H11NO.CH2O/c1-7-3-5-9(6-4-7)10-8(2)11;1-2/h3-6H,1-2H3,(H,10,11);1H2. The maximum absolute atomic E-state index is 10.6. The molecule has 3 heteroatoms. The quantitative estimate of drug-likeness (QED) is 0.714. The monoisotopic (exact) mass is 179 g/mol. The van der Waals surface area contributed by atoms with Crippen molar-refractivity contribution in [3.8, 4) is 0 Å². The van der Waals surface area contributed by atoms with Gasteiger partial charge in [-0.05, 0) is 19.1 Å². The van der Waals surface area contributed by atoms with Gasteiger partial charge in [0.2, 0.25) is 5.91 Å². The summed E-state index contributed by atoms with van der Waals surface area (Å²) in [6.45, 7) is 5.51. The lowest BCUT2D eigenvalue weighted by Gasteiger charge is -2.00. The Balaban J connectivity index is 0.000000671. The zero-order valence-corrected chi connectivity index (χ0v) is 7.83. The van der Waals surface area contributed by atoms with Crippen molar-refractivity contribution in [3.63, 3.8) is 0 Å². The van der Waals surface area contributed by atoms with E-state index < -0.39 is 0 Å². The minimum absolute atomic E-state index is 0.0335. The summed E-state index contributed by atoms with van der Waals surface area (Å²) < 4.78 is 0. The van der Waals surface area contributed by atoms with Gasteiger partial charge < -0.3 is 10.1 Å². The number of benzene rings is 1. The summed E-state index contributed by atoms with van der Waals surface area (Å²) in [4.78, 5) is 18.6. The number of nitrogens with one attached hydrogen (secondary N) is 1. The SMILES string of the molecule is C=O.CC(=O)Nc1ccc(C)cc1. The largest absolute Gasteiger partial charge is 0.326 e. The lowest BCUT2D eigenvalue weighted by atomic mass is 10.2. The Morgan fingerprint density at radius 1 is 1.23 bits per heavy atom. The summed E-state index contributed by atoms with van der Waals surface area (Å²) >= 11 is 0. The van der Waals surface area contributed by atoms with E-state index in [0.29, 0.717) is 0 Å². The van der Waals surface area contributed by atoms with Gasteiger partial charge in [-0.3, -0.25) is 4.79 Å². The predicted molar refractivity (Wildman–Crippen MR) is 52.6 cm³/mol. The zero-order valence-electron chi connectivity index (χ0n) is 7.83. The molecular formula is C10H13NO2. The molecule has 0 aliphatic rings. The zero-order chi connectivity index (χ0) is 10.3. The number of anilines is 1. The van der Waals surface area contributed by atoms with Crippen LogP contribution in [0.5, 0.6) is 0 Å². The van der Waals surface area contributed by atoms with E-state index in [1.165, 1.54) is 12.5 Å². The van der Waals surface area contributed by atoms with Crippen molar-refractivity contribution in [1.82, 2.24) is 0 Å². The summed E-state index contributed by atoms with van der Waals surface area (Å²) in [6.07, 6.45) is 0. The van der Waals surface area contributed by atoms with E-state index in [1.54, 1.807) is 0 Å². The number of rotatable bonds is 1. The maximum Gasteiger partial charge on any atom is 0.221 e. The van der Waals surface area contributed by atoms with Crippen LogP contribution in [0.15, 0.2) is 24.3 Å². The number of carbonyl (C=O) groups excluding carboxylic acids is 2. The van der Waals surface area contributed by atoms with Gasteiger partial charge in [-0.25, -0.2) is 0 Å². The first-order valence-corrected chi connectivity index (χ1v) is 3.81. The fourth-order valence-electron chi connectivity index (χ4n) is 0.840. The molecule has 0 radical (unpaired) electrons. The second-order valence-corrected chi connectivity index (χ2v) is 2.55. The van der Waals surface area contributed by atoms with Gasteiger partial charge >= 0.3 is 0 Å². The third-order valence-electron chi connectivity index (χ3n) is 1.37. The minimum atomic E-state index is -0.0335. The molecule has 0 aliphatic carbocycles. The Bertz CT molecular complexity index is 267. The number of hydrogen-bond acceptors (Lipinski definition) is 2. The Labute approximate surface area is 77.8 Å². The molecule has 0 unspecified atom stereocenters. The van der Waals surface area contributed by atoms with Crippen LogP contribution >= 0.6 is 0 Å². The Morgan fingerprint density at radius 2 is 1.69 bits per heavy atom. The molecule has 0 fully saturated rings. The molecule has 0 aromatic heterocycles. The fourth-order valence-corrected chi connectivity index (χ4v) is 0.840. The molecule has 1 aromatic rings. The van der Waals surface area contributed by atoms with Gasteiger partial charge in [0.05, 0.1) is 0 Å². The highest BCUT2D eigenvalue weighted by molar-refractivity contribution is 5.88.